The summed E-state index contributed by atoms with van der Waals surface area (Å²) in [6.07, 6.45) is 1.10. The summed E-state index contributed by atoms with van der Waals surface area (Å²) in [4.78, 5) is 30.8. The van der Waals surface area contributed by atoms with Crippen LogP contribution in [0, 0.1) is 5.92 Å². The Labute approximate surface area is 199 Å². The number of fused-ring (bicyclic) bond motifs is 1. The molecule has 2 rings (SSSR count). The van der Waals surface area contributed by atoms with Crippen molar-refractivity contribution in [2.45, 2.75) is 45.2 Å². The third-order valence-electron chi connectivity index (χ3n) is 5.36. The smallest absolute Gasteiger partial charge is 0.326 e. The van der Waals surface area contributed by atoms with Gasteiger partial charge in [-0.25, -0.2) is 9.78 Å². The summed E-state index contributed by atoms with van der Waals surface area (Å²) in [5.41, 5.74) is 8.62. The summed E-state index contributed by atoms with van der Waals surface area (Å²) in [6, 6.07) is 4.22. The molecule has 0 aliphatic carbocycles. The second-order valence-electron chi connectivity index (χ2n) is 8.30. The molecule has 2 aromatic rings. The molecule has 0 aliphatic rings. The number of anilines is 1. The molecule has 0 saturated carbocycles. The quantitative estimate of drug-likeness (QED) is 0.376. The molecule has 2 unspecified atom stereocenters. The third kappa shape index (κ3) is 6.98. The molecule has 1 aromatic carbocycles. The van der Waals surface area contributed by atoms with Crippen LogP contribution in [-0.2, 0) is 23.1 Å². The first-order valence-electron chi connectivity index (χ1n) is 10.8. The fourth-order valence-electron chi connectivity index (χ4n) is 3.66. The highest BCUT2D eigenvalue weighted by Crippen LogP contribution is 2.23. The van der Waals surface area contributed by atoms with Gasteiger partial charge in [0.2, 0.25) is 5.91 Å². The van der Waals surface area contributed by atoms with Crippen molar-refractivity contribution in [1.29, 1.82) is 0 Å². The number of nitrogens with one attached hydrogen (secondary N) is 1. The van der Waals surface area contributed by atoms with Gasteiger partial charge in [0.1, 0.15) is 11.9 Å². The van der Waals surface area contributed by atoms with Gasteiger partial charge >= 0.3 is 5.97 Å². The lowest BCUT2D eigenvalue weighted by molar-refractivity contribution is -0.142. The Morgan fingerprint density at radius 3 is 2.47 bits per heavy atom. The SMILES string of the molecule is CC(C)CC(N)C(=O)NC(CCc1nc2cc(N(CCCl)CCCl)ccc2n1C)C(=O)O. The van der Waals surface area contributed by atoms with Crippen molar-refractivity contribution in [3.05, 3.63) is 24.0 Å². The number of carbonyl (C=O) groups excluding carboxylic acids is 1. The average Bonchev–Trinajstić information content (AvgIpc) is 3.05. The van der Waals surface area contributed by atoms with E-state index in [0.717, 1.165) is 22.5 Å². The summed E-state index contributed by atoms with van der Waals surface area (Å²) in [5.74, 6) is 0.434. The zero-order valence-corrected chi connectivity index (χ0v) is 20.4. The van der Waals surface area contributed by atoms with E-state index in [1.165, 1.54) is 0 Å². The Morgan fingerprint density at radius 1 is 1.25 bits per heavy atom. The first kappa shape index (κ1) is 26.2. The molecule has 4 N–H and O–H groups in total. The first-order chi connectivity index (χ1) is 15.2. The number of hydrogen-bond donors (Lipinski definition) is 3. The second-order valence-corrected chi connectivity index (χ2v) is 9.06. The predicted molar refractivity (Wildman–Crippen MR) is 130 cm³/mol. The van der Waals surface area contributed by atoms with Crippen LogP contribution in [0.1, 0.15) is 32.5 Å². The molecular formula is C22H33Cl2N5O3. The standard InChI is InChI=1S/C22H33Cl2N5O3/c1-14(2)12-16(25)21(30)27-17(22(31)32)5-7-20-26-18-13-15(4-6-19(18)28(20)3)29(10-8-23)11-9-24/h4,6,13-14,16-17H,5,7-12,25H2,1-3H3,(H,27,30)(H,31,32). The van der Waals surface area contributed by atoms with Crippen molar-refractivity contribution in [1.82, 2.24) is 14.9 Å². The van der Waals surface area contributed by atoms with Crippen LogP contribution in [0.5, 0.6) is 0 Å². The average molecular weight is 486 g/mol. The van der Waals surface area contributed by atoms with E-state index in [1.807, 2.05) is 43.7 Å². The highest BCUT2D eigenvalue weighted by Gasteiger charge is 2.24. The van der Waals surface area contributed by atoms with Gasteiger partial charge in [-0.2, -0.15) is 0 Å². The Hall–Kier alpha value is -2.03. The van der Waals surface area contributed by atoms with Gasteiger partial charge in [0.05, 0.1) is 17.1 Å². The summed E-state index contributed by atoms with van der Waals surface area (Å²) in [5, 5.41) is 12.1. The molecule has 8 nitrogen and oxygen atoms in total. The third-order valence-corrected chi connectivity index (χ3v) is 5.70. The molecule has 1 amide bonds. The van der Waals surface area contributed by atoms with Crippen LogP contribution in [0.25, 0.3) is 11.0 Å². The number of nitrogens with two attached hydrogens (primary N) is 1. The van der Waals surface area contributed by atoms with Crippen LogP contribution in [0.4, 0.5) is 5.69 Å². The van der Waals surface area contributed by atoms with Gasteiger partial charge in [0.25, 0.3) is 0 Å². The number of rotatable bonds is 13. The number of amides is 1. The van der Waals surface area contributed by atoms with E-state index in [1.54, 1.807) is 0 Å². The summed E-state index contributed by atoms with van der Waals surface area (Å²) < 4.78 is 1.94. The fraction of sp³-hybridized carbons (Fsp3) is 0.591. The maximum Gasteiger partial charge on any atom is 0.326 e. The lowest BCUT2D eigenvalue weighted by Gasteiger charge is -2.22. The minimum Gasteiger partial charge on any atom is -0.480 e. The Bertz CT molecular complexity index is 912. The number of carbonyl (C=O) groups is 2. The maximum atomic E-state index is 12.3. The van der Waals surface area contributed by atoms with Crippen LogP contribution < -0.4 is 16.0 Å². The molecule has 0 aliphatic heterocycles. The lowest BCUT2D eigenvalue weighted by Crippen LogP contribution is -2.49. The molecule has 32 heavy (non-hydrogen) atoms. The summed E-state index contributed by atoms with van der Waals surface area (Å²) >= 11 is 11.8. The molecular weight excluding hydrogens is 453 g/mol. The Morgan fingerprint density at radius 2 is 1.91 bits per heavy atom. The van der Waals surface area contributed by atoms with E-state index >= 15 is 0 Å². The molecule has 1 aromatic heterocycles. The molecule has 0 radical (unpaired) electrons. The largest absolute Gasteiger partial charge is 0.480 e. The lowest BCUT2D eigenvalue weighted by atomic mass is 10.0. The van der Waals surface area contributed by atoms with Gasteiger partial charge in [-0.1, -0.05) is 13.8 Å². The summed E-state index contributed by atoms with van der Waals surface area (Å²) in [7, 11) is 1.90. The van der Waals surface area contributed by atoms with E-state index in [4.69, 9.17) is 33.9 Å². The van der Waals surface area contributed by atoms with Crippen LogP contribution in [-0.4, -0.2) is 63.5 Å². The summed E-state index contributed by atoms with van der Waals surface area (Å²) in [6.45, 7) is 5.28. The Balaban J connectivity index is 2.14. The topological polar surface area (TPSA) is 113 Å². The molecule has 0 spiro atoms. The number of nitrogens with zero attached hydrogens (tertiary/aromatic N) is 3. The van der Waals surface area contributed by atoms with E-state index in [-0.39, 0.29) is 12.3 Å². The number of alkyl halides is 2. The molecule has 2 atom stereocenters. The van der Waals surface area contributed by atoms with Gasteiger partial charge in [0.15, 0.2) is 0 Å². The number of benzene rings is 1. The van der Waals surface area contributed by atoms with Crippen molar-refractivity contribution >= 4 is 51.8 Å². The molecule has 1 heterocycles. The highest BCUT2D eigenvalue weighted by atomic mass is 35.5. The maximum absolute atomic E-state index is 12.3. The highest BCUT2D eigenvalue weighted by molar-refractivity contribution is 6.18. The molecule has 0 bridgehead atoms. The van der Waals surface area contributed by atoms with Crippen molar-refractivity contribution in [2.24, 2.45) is 18.7 Å². The zero-order valence-electron chi connectivity index (χ0n) is 18.9. The monoisotopic (exact) mass is 485 g/mol. The van der Waals surface area contributed by atoms with Gasteiger partial charge in [-0.05, 0) is 37.0 Å². The van der Waals surface area contributed by atoms with Crippen LogP contribution in [0.3, 0.4) is 0 Å². The number of carboxylic acid groups (broad SMARTS) is 1. The van der Waals surface area contributed by atoms with Crippen molar-refractivity contribution in [2.75, 3.05) is 29.7 Å². The van der Waals surface area contributed by atoms with E-state index in [0.29, 0.717) is 37.7 Å². The number of halogens is 2. The molecule has 0 fully saturated rings. The number of aliphatic carboxylic acids is 1. The number of aromatic nitrogens is 2. The molecule has 10 heteroatoms. The van der Waals surface area contributed by atoms with Crippen molar-refractivity contribution in [3.8, 4) is 0 Å². The van der Waals surface area contributed by atoms with Crippen LogP contribution in [0.15, 0.2) is 18.2 Å². The number of aryl methyl sites for hydroxylation is 2. The number of carboxylic acids is 1. The van der Waals surface area contributed by atoms with E-state index in [2.05, 4.69) is 10.2 Å². The van der Waals surface area contributed by atoms with E-state index in [9.17, 15) is 14.7 Å². The number of hydrogen-bond acceptors (Lipinski definition) is 5. The first-order valence-corrected chi connectivity index (χ1v) is 11.9. The minimum absolute atomic E-state index is 0.212. The van der Waals surface area contributed by atoms with Crippen molar-refractivity contribution < 1.29 is 14.7 Å². The molecule has 178 valence electrons. The van der Waals surface area contributed by atoms with Gasteiger partial charge in [0, 0.05) is 44.0 Å². The van der Waals surface area contributed by atoms with Gasteiger partial charge < -0.3 is 25.6 Å². The molecule has 0 saturated heterocycles. The van der Waals surface area contributed by atoms with Gasteiger partial charge in [-0.3, -0.25) is 4.79 Å². The second kappa shape index (κ2) is 12.3. The zero-order chi connectivity index (χ0) is 23.8. The number of imidazole rings is 1. The Kier molecular flexibility index (Phi) is 10.1. The van der Waals surface area contributed by atoms with Crippen LogP contribution >= 0.6 is 23.2 Å². The van der Waals surface area contributed by atoms with E-state index < -0.39 is 24.0 Å². The normalized spacial score (nSPS) is 13.3. The minimum atomic E-state index is -1.09. The fourth-order valence-corrected chi connectivity index (χ4v) is 4.06. The van der Waals surface area contributed by atoms with Crippen LogP contribution in [0.2, 0.25) is 0 Å². The predicted octanol–water partition coefficient (Wildman–Crippen LogP) is 2.73. The van der Waals surface area contributed by atoms with Crippen molar-refractivity contribution in [3.63, 3.8) is 0 Å². The van der Waals surface area contributed by atoms with Gasteiger partial charge in [-0.15, -0.1) is 23.2 Å².